The zero-order valence-electron chi connectivity index (χ0n) is 8.74. The van der Waals surface area contributed by atoms with Gasteiger partial charge in [-0.15, -0.1) is 0 Å². The summed E-state index contributed by atoms with van der Waals surface area (Å²) in [5.74, 6) is 1.70. The van der Waals surface area contributed by atoms with Crippen molar-refractivity contribution in [1.82, 2.24) is 9.97 Å². The van der Waals surface area contributed by atoms with Gasteiger partial charge in [0.05, 0.1) is 13.2 Å². The van der Waals surface area contributed by atoms with E-state index in [1.165, 1.54) is 0 Å². The van der Waals surface area contributed by atoms with Gasteiger partial charge in [0.1, 0.15) is 16.5 Å². The van der Waals surface area contributed by atoms with Gasteiger partial charge in [0, 0.05) is 12.0 Å². The molecule has 4 nitrogen and oxygen atoms in total. The summed E-state index contributed by atoms with van der Waals surface area (Å²) in [5, 5.41) is 0. The molecule has 0 atom stereocenters. The molecule has 5 heteroatoms. The SMILES string of the molecule is CC(C)c1nc(Br)cc(OC2COC2)n1. The average Bonchev–Trinajstić information content (AvgIpc) is 2.10. The minimum Gasteiger partial charge on any atom is -0.469 e. The quantitative estimate of drug-likeness (QED) is 0.791. The van der Waals surface area contributed by atoms with Gasteiger partial charge < -0.3 is 9.47 Å². The standard InChI is InChI=1S/C10H13BrN2O2/c1-6(2)10-12-8(11)3-9(13-10)15-7-4-14-5-7/h3,6-7H,4-5H2,1-2H3. The van der Waals surface area contributed by atoms with Crippen LogP contribution in [0.2, 0.25) is 0 Å². The van der Waals surface area contributed by atoms with Crippen LogP contribution < -0.4 is 4.74 Å². The summed E-state index contributed by atoms with van der Waals surface area (Å²) in [6.07, 6.45) is 0.145. The fourth-order valence-corrected chi connectivity index (χ4v) is 1.56. The van der Waals surface area contributed by atoms with Gasteiger partial charge in [0.15, 0.2) is 0 Å². The first-order valence-electron chi connectivity index (χ1n) is 4.94. The second-order valence-corrected chi connectivity index (χ2v) is 4.63. The Morgan fingerprint density at radius 1 is 1.47 bits per heavy atom. The predicted octanol–water partition coefficient (Wildman–Crippen LogP) is 2.14. The second-order valence-electron chi connectivity index (χ2n) is 3.82. The summed E-state index contributed by atoms with van der Waals surface area (Å²) in [5.41, 5.74) is 0. The third kappa shape index (κ3) is 2.66. The molecule has 0 aliphatic carbocycles. The van der Waals surface area contributed by atoms with E-state index in [4.69, 9.17) is 9.47 Å². The molecule has 0 saturated carbocycles. The zero-order valence-corrected chi connectivity index (χ0v) is 10.3. The van der Waals surface area contributed by atoms with Crippen molar-refractivity contribution in [3.8, 4) is 5.88 Å². The van der Waals surface area contributed by atoms with Crippen LogP contribution >= 0.6 is 15.9 Å². The van der Waals surface area contributed by atoms with Crippen LogP contribution in [-0.4, -0.2) is 29.3 Å². The first-order valence-corrected chi connectivity index (χ1v) is 5.73. The molecule has 2 heterocycles. The van der Waals surface area contributed by atoms with Gasteiger partial charge in [0.2, 0.25) is 5.88 Å². The number of ether oxygens (including phenoxy) is 2. The van der Waals surface area contributed by atoms with E-state index in [2.05, 4.69) is 39.7 Å². The van der Waals surface area contributed by atoms with E-state index < -0.39 is 0 Å². The first kappa shape index (κ1) is 10.8. The van der Waals surface area contributed by atoms with E-state index in [1.54, 1.807) is 6.07 Å². The van der Waals surface area contributed by atoms with Crippen LogP contribution in [0.4, 0.5) is 0 Å². The van der Waals surface area contributed by atoms with Gasteiger partial charge in [-0.2, -0.15) is 4.98 Å². The smallest absolute Gasteiger partial charge is 0.218 e. The lowest BCUT2D eigenvalue weighted by Gasteiger charge is -2.26. The minimum absolute atomic E-state index is 0.145. The van der Waals surface area contributed by atoms with Crippen molar-refractivity contribution in [2.45, 2.75) is 25.9 Å². The van der Waals surface area contributed by atoms with E-state index >= 15 is 0 Å². The molecule has 1 fully saturated rings. The Balaban J connectivity index is 2.15. The number of hydrogen-bond acceptors (Lipinski definition) is 4. The second kappa shape index (κ2) is 4.45. The van der Waals surface area contributed by atoms with E-state index in [1.807, 2.05) is 0 Å². The van der Waals surface area contributed by atoms with Crippen molar-refractivity contribution in [2.24, 2.45) is 0 Å². The number of halogens is 1. The predicted molar refractivity (Wildman–Crippen MR) is 59.1 cm³/mol. The lowest BCUT2D eigenvalue weighted by molar-refractivity contribution is -0.0814. The lowest BCUT2D eigenvalue weighted by atomic mass is 10.2. The zero-order chi connectivity index (χ0) is 10.8. The van der Waals surface area contributed by atoms with Crippen LogP contribution in [0.25, 0.3) is 0 Å². The summed E-state index contributed by atoms with van der Waals surface area (Å²) < 4.78 is 11.4. The maximum absolute atomic E-state index is 5.62. The molecular formula is C10H13BrN2O2. The molecule has 0 N–H and O–H groups in total. The van der Waals surface area contributed by atoms with Crippen molar-refractivity contribution < 1.29 is 9.47 Å². The molecule has 2 rings (SSSR count). The molecule has 15 heavy (non-hydrogen) atoms. The molecule has 82 valence electrons. The summed E-state index contributed by atoms with van der Waals surface area (Å²) in [7, 11) is 0. The molecule has 0 radical (unpaired) electrons. The average molecular weight is 273 g/mol. The number of rotatable bonds is 3. The number of nitrogens with zero attached hydrogens (tertiary/aromatic N) is 2. The van der Waals surface area contributed by atoms with Crippen LogP contribution in [0.3, 0.4) is 0 Å². The van der Waals surface area contributed by atoms with E-state index in [0.717, 1.165) is 10.4 Å². The highest BCUT2D eigenvalue weighted by atomic mass is 79.9. The Kier molecular flexibility index (Phi) is 3.21. The molecule has 0 bridgehead atoms. The van der Waals surface area contributed by atoms with Crippen molar-refractivity contribution in [3.63, 3.8) is 0 Å². The normalized spacial score (nSPS) is 16.5. The monoisotopic (exact) mass is 272 g/mol. The summed E-state index contributed by atoms with van der Waals surface area (Å²) in [4.78, 5) is 8.61. The fourth-order valence-electron chi connectivity index (χ4n) is 1.19. The Morgan fingerprint density at radius 2 is 2.20 bits per heavy atom. The van der Waals surface area contributed by atoms with Crippen molar-refractivity contribution in [3.05, 3.63) is 16.5 Å². The topological polar surface area (TPSA) is 44.2 Å². The summed E-state index contributed by atoms with van der Waals surface area (Å²) >= 11 is 3.35. The third-order valence-corrected chi connectivity index (χ3v) is 2.51. The van der Waals surface area contributed by atoms with Crippen molar-refractivity contribution >= 4 is 15.9 Å². The van der Waals surface area contributed by atoms with E-state index in [9.17, 15) is 0 Å². The Bertz CT molecular complexity index is 353. The Labute approximate surface area is 97.1 Å². The number of hydrogen-bond donors (Lipinski definition) is 0. The maximum Gasteiger partial charge on any atom is 0.218 e. The van der Waals surface area contributed by atoms with Gasteiger partial charge in [0.25, 0.3) is 0 Å². The summed E-state index contributed by atoms with van der Waals surface area (Å²) in [6.45, 7) is 5.41. The lowest BCUT2D eigenvalue weighted by Crippen LogP contribution is -2.38. The largest absolute Gasteiger partial charge is 0.469 e. The summed E-state index contributed by atoms with van der Waals surface area (Å²) in [6, 6.07) is 1.78. The molecule has 1 aliphatic rings. The minimum atomic E-state index is 0.145. The van der Waals surface area contributed by atoms with Gasteiger partial charge in [-0.3, -0.25) is 0 Å². The molecule has 1 aromatic heterocycles. The maximum atomic E-state index is 5.62. The van der Waals surface area contributed by atoms with Gasteiger partial charge in [-0.25, -0.2) is 4.98 Å². The van der Waals surface area contributed by atoms with E-state index in [-0.39, 0.29) is 6.10 Å². The van der Waals surface area contributed by atoms with Crippen LogP contribution in [0.5, 0.6) is 5.88 Å². The van der Waals surface area contributed by atoms with Crippen molar-refractivity contribution in [2.75, 3.05) is 13.2 Å². The van der Waals surface area contributed by atoms with Crippen LogP contribution in [0, 0.1) is 0 Å². The van der Waals surface area contributed by atoms with Gasteiger partial charge in [-0.1, -0.05) is 13.8 Å². The molecule has 0 aromatic carbocycles. The van der Waals surface area contributed by atoms with Crippen LogP contribution in [0.1, 0.15) is 25.6 Å². The van der Waals surface area contributed by atoms with Crippen molar-refractivity contribution in [1.29, 1.82) is 0 Å². The highest BCUT2D eigenvalue weighted by Crippen LogP contribution is 2.20. The molecule has 0 amide bonds. The van der Waals surface area contributed by atoms with Crippen LogP contribution in [-0.2, 0) is 4.74 Å². The molecule has 1 aliphatic heterocycles. The van der Waals surface area contributed by atoms with Crippen LogP contribution in [0.15, 0.2) is 10.7 Å². The highest BCUT2D eigenvalue weighted by Gasteiger charge is 2.21. The highest BCUT2D eigenvalue weighted by molar-refractivity contribution is 9.10. The van der Waals surface area contributed by atoms with E-state index in [0.29, 0.717) is 25.0 Å². The fraction of sp³-hybridized carbons (Fsp3) is 0.600. The first-order chi connectivity index (χ1) is 7.15. The van der Waals surface area contributed by atoms with Gasteiger partial charge in [-0.05, 0) is 15.9 Å². The molecule has 0 unspecified atom stereocenters. The molecule has 1 saturated heterocycles. The molecular weight excluding hydrogens is 260 g/mol. The van der Waals surface area contributed by atoms with Gasteiger partial charge >= 0.3 is 0 Å². The molecule has 0 spiro atoms. The molecule has 1 aromatic rings. The Morgan fingerprint density at radius 3 is 2.73 bits per heavy atom. The Hall–Kier alpha value is -0.680. The third-order valence-electron chi connectivity index (χ3n) is 2.10. The number of aromatic nitrogens is 2.